The fraction of sp³-hybridized carbons (Fsp3) is 0.533. The standard InChI is InChI=1S/C15H20N2O4S/c1-7(2)12(15(20)21)17-13(19)11-9-5-4-6-10(9)22-14(11)16-8(3)18/h7,12H,4-6H2,1-3H3,(H,16,18)(H,17,19)(H,20,21). The van der Waals surface area contributed by atoms with Crippen LogP contribution in [0.3, 0.4) is 0 Å². The molecule has 0 spiro atoms. The number of aliphatic carboxylic acids is 1. The monoisotopic (exact) mass is 324 g/mol. The van der Waals surface area contributed by atoms with Crippen LogP contribution in [0.1, 0.15) is 48.0 Å². The number of hydrogen-bond acceptors (Lipinski definition) is 4. The van der Waals surface area contributed by atoms with E-state index in [4.69, 9.17) is 0 Å². The van der Waals surface area contributed by atoms with Gasteiger partial charge in [-0.1, -0.05) is 13.8 Å². The zero-order chi connectivity index (χ0) is 16.4. The highest BCUT2D eigenvalue weighted by atomic mass is 32.1. The third kappa shape index (κ3) is 3.30. The van der Waals surface area contributed by atoms with E-state index >= 15 is 0 Å². The quantitative estimate of drug-likeness (QED) is 0.772. The van der Waals surface area contributed by atoms with E-state index in [0.29, 0.717) is 10.6 Å². The number of nitrogens with one attached hydrogen (secondary N) is 2. The fourth-order valence-electron chi connectivity index (χ4n) is 2.62. The highest BCUT2D eigenvalue weighted by Crippen LogP contribution is 2.39. The maximum Gasteiger partial charge on any atom is 0.326 e. The maximum absolute atomic E-state index is 12.6. The topological polar surface area (TPSA) is 95.5 Å². The minimum atomic E-state index is -1.06. The van der Waals surface area contributed by atoms with Crippen molar-refractivity contribution in [3.8, 4) is 0 Å². The number of aryl methyl sites for hydroxylation is 1. The molecular weight excluding hydrogens is 304 g/mol. The highest BCUT2D eigenvalue weighted by molar-refractivity contribution is 7.17. The van der Waals surface area contributed by atoms with Crippen LogP contribution in [-0.4, -0.2) is 28.9 Å². The zero-order valence-electron chi connectivity index (χ0n) is 12.9. The van der Waals surface area contributed by atoms with Gasteiger partial charge >= 0.3 is 5.97 Å². The van der Waals surface area contributed by atoms with Crippen LogP contribution in [0.4, 0.5) is 5.00 Å². The Morgan fingerprint density at radius 3 is 2.45 bits per heavy atom. The van der Waals surface area contributed by atoms with Gasteiger partial charge in [0.1, 0.15) is 11.0 Å². The Morgan fingerprint density at radius 1 is 1.23 bits per heavy atom. The molecule has 0 radical (unpaired) electrons. The number of carboxylic acids is 1. The predicted octanol–water partition coefficient (Wildman–Crippen LogP) is 2.03. The Hall–Kier alpha value is -1.89. The van der Waals surface area contributed by atoms with Crippen molar-refractivity contribution in [3.63, 3.8) is 0 Å². The summed E-state index contributed by atoms with van der Waals surface area (Å²) in [5.74, 6) is -1.95. The number of carbonyl (C=O) groups is 3. The summed E-state index contributed by atoms with van der Waals surface area (Å²) in [5, 5.41) is 15.0. The molecule has 0 saturated carbocycles. The number of thiophene rings is 1. The Bertz CT molecular complexity index is 621. The lowest BCUT2D eigenvalue weighted by Gasteiger charge is -2.18. The average molecular weight is 324 g/mol. The summed E-state index contributed by atoms with van der Waals surface area (Å²) in [5.41, 5.74) is 1.37. The lowest BCUT2D eigenvalue weighted by molar-refractivity contribution is -0.140. The predicted molar refractivity (Wildman–Crippen MR) is 84.4 cm³/mol. The molecule has 1 atom stereocenters. The molecule has 2 amide bonds. The maximum atomic E-state index is 12.6. The number of rotatable bonds is 5. The second kappa shape index (κ2) is 6.48. The smallest absolute Gasteiger partial charge is 0.326 e. The molecule has 1 aliphatic carbocycles. The lowest BCUT2D eigenvalue weighted by Crippen LogP contribution is -2.44. The first-order chi connectivity index (χ1) is 10.3. The molecule has 0 fully saturated rings. The van der Waals surface area contributed by atoms with Crippen molar-refractivity contribution in [2.24, 2.45) is 5.92 Å². The number of hydrogen-bond donors (Lipinski definition) is 3. The Balaban J connectivity index is 2.32. The normalized spacial score (nSPS) is 14.5. The fourth-order valence-corrected chi connectivity index (χ4v) is 3.95. The van der Waals surface area contributed by atoms with Gasteiger partial charge in [0.05, 0.1) is 5.56 Å². The van der Waals surface area contributed by atoms with Gasteiger partial charge in [0.25, 0.3) is 5.91 Å². The summed E-state index contributed by atoms with van der Waals surface area (Å²) in [7, 11) is 0. The molecule has 0 saturated heterocycles. The highest BCUT2D eigenvalue weighted by Gasteiger charge is 2.30. The van der Waals surface area contributed by atoms with E-state index in [9.17, 15) is 19.5 Å². The lowest BCUT2D eigenvalue weighted by atomic mass is 10.0. The van der Waals surface area contributed by atoms with Crippen LogP contribution in [-0.2, 0) is 22.4 Å². The van der Waals surface area contributed by atoms with Gasteiger partial charge in [0, 0.05) is 11.8 Å². The van der Waals surface area contributed by atoms with E-state index in [-0.39, 0.29) is 11.8 Å². The van der Waals surface area contributed by atoms with Crippen molar-refractivity contribution in [3.05, 3.63) is 16.0 Å². The van der Waals surface area contributed by atoms with Gasteiger partial charge < -0.3 is 15.7 Å². The van der Waals surface area contributed by atoms with E-state index in [2.05, 4.69) is 10.6 Å². The van der Waals surface area contributed by atoms with Gasteiger partial charge in [0.2, 0.25) is 5.91 Å². The number of carboxylic acid groups (broad SMARTS) is 1. The van der Waals surface area contributed by atoms with Crippen LogP contribution in [0, 0.1) is 5.92 Å². The van der Waals surface area contributed by atoms with E-state index in [0.717, 1.165) is 29.7 Å². The van der Waals surface area contributed by atoms with Gasteiger partial charge in [-0.2, -0.15) is 0 Å². The van der Waals surface area contributed by atoms with Crippen molar-refractivity contribution in [1.82, 2.24) is 5.32 Å². The molecule has 1 aromatic heterocycles. The summed E-state index contributed by atoms with van der Waals surface area (Å²) in [6.45, 7) is 4.87. The van der Waals surface area contributed by atoms with Crippen LogP contribution in [0.2, 0.25) is 0 Å². The Kier molecular flexibility index (Phi) is 4.85. The van der Waals surface area contributed by atoms with Crippen LogP contribution in [0.5, 0.6) is 0 Å². The van der Waals surface area contributed by atoms with E-state index in [1.165, 1.54) is 18.3 Å². The van der Waals surface area contributed by atoms with Crippen molar-refractivity contribution < 1.29 is 19.5 Å². The second-order valence-electron chi connectivity index (χ2n) is 5.78. The molecule has 22 heavy (non-hydrogen) atoms. The van der Waals surface area contributed by atoms with Crippen molar-refractivity contribution in [1.29, 1.82) is 0 Å². The molecule has 120 valence electrons. The first-order valence-corrected chi connectivity index (χ1v) is 8.08. The molecule has 7 heteroatoms. The van der Waals surface area contributed by atoms with Crippen molar-refractivity contribution in [2.75, 3.05) is 5.32 Å². The minimum absolute atomic E-state index is 0.225. The van der Waals surface area contributed by atoms with Gasteiger partial charge in [-0.3, -0.25) is 9.59 Å². The molecule has 1 unspecified atom stereocenters. The third-order valence-corrected chi connectivity index (χ3v) is 4.86. The molecule has 1 aliphatic rings. The third-order valence-electron chi connectivity index (χ3n) is 3.66. The largest absolute Gasteiger partial charge is 0.480 e. The molecule has 0 aromatic carbocycles. The molecule has 0 bridgehead atoms. The molecule has 1 heterocycles. The van der Waals surface area contributed by atoms with Gasteiger partial charge in [-0.25, -0.2) is 4.79 Å². The molecular formula is C15H20N2O4S. The number of anilines is 1. The minimum Gasteiger partial charge on any atom is -0.480 e. The van der Waals surface area contributed by atoms with Crippen molar-refractivity contribution >= 4 is 34.1 Å². The first kappa shape index (κ1) is 16.5. The summed E-state index contributed by atoms with van der Waals surface area (Å²) < 4.78 is 0. The summed E-state index contributed by atoms with van der Waals surface area (Å²) in [4.78, 5) is 36.3. The second-order valence-corrected chi connectivity index (χ2v) is 6.88. The van der Waals surface area contributed by atoms with E-state index in [1.807, 2.05) is 0 Å². The van der Waals surface area contributed by atoms with Crippen LogP contribution in [0.25, 0.3) is 0 Å². The van der Waals surface area contributed by atoms with Crippen LogP contribution < -0.4 is 10.6 Å². The zero-order valence-corrected chi connectivity index (χ0v) is 13.7. The molecule has 6 nitrogen and oxygen atoms in total. The Labute approximate surface area is 132 Å². The summed E-state index contributed by atoms with van der Waals surface area (Å²) >= 11 is 1.41. The molecule has 0 aliphatic heterocycles. The summed E-state index contributed by atoms with van der Waals surface area (Å²) in [6, 6.07) is -0.949. The first-order valence-electron chi connectivity index (χ1n) is 7.27. The van der Waals surface area contributed by atoms with E-state index in [1.54, 1.807) is 13.8 Å². The van der Waals surface area contributed by atoms with Crippen LogP contribution in [0.15, 0.2) is 0 Å². The van der Waals surface area contributed by atoms with Crippen LogP contribution >= 0.6 is 11.3 Å². The average Bonchev–Trinajstić information content (AvgIpc) is 2.94. The molecule has 3 N–H and O–H groups in total. The SMILES string of the molecule is CC(=O)Nc1sc2c(c1C(=O)NC(C(=O)O)C(C)C)CCC2. The summed E-state index contributed by atoms with van der Waals surface area (Å²) in [6.07, 6.45) is 2.66. The molecule has 2 rings (SSSR count). The van der Waals surface area contributed by atoms with Gasteiger partial charge in [-0.05, 0) is 30.7 Å². The Morgan fingerprint density at radius 2 is 1.91 bits per heavy atom. The van der Waals surface area contributed by atoms with Gasteiger partial charge in [-0.15, -0.1) is 11.3 Å². The number of amides is 2. The van der Waals surface area contributed by atoms with Crippen molar-refractivity contribution in [2.45, 2.75) is 46.1 Å². The van der Waals surface area contributed by atoms with E-state index < -0.39 is 17.9 Å². The number of carbonyl (C=O) groups excluding carboxylic acids is 2. The van der Waals surface area contributed by atoms with Gasteiger partial charge in [0.15, 0.2) is 0 Å². The number of fused-ring (bicyclic) bond motifs is 1. The molecule has 1 aromatic rings.